The van der Waals surface area contributed by atoms with Crippen molar-refractivity contribution in [2.24, 2.45) is 0 Å². The number of hydrogen-bond donors (Lipinski definition) is 0. The van der Waals surface area contributed by atoms with Crippen LogP contribution in [0.15, 0.2) is 140 Å². The fourth-order valence-corrected chi connectivity index (χ4v) is 7.83. The summed E-state index contributed by atoms with van der Waals surface area (Å²) in [5.41, 5.74) is 5.95. The highest BCUT2D eigenvalue weighted by Crippen LogP contribution is 2.44. The van der Waals surface area contributed by atoms with Crippen molar-refractivity contribution in [3.63, 3.8) is 0 Å². The lowest BCUT2D eigenvalue weighted by atomic mass is 9.92. The highest BCUT2D eigenvalue weighted by molar-refractivity contribution is 6.12. The van der Waals surface area contributed by atoms with E-state index in [9.17, 15) is 34.2 Å². The number of benzene rings is 7. The molecule has 0 atom stereocenters. The summed E-state index contributed by atoms with van der Waals surface area (Å²) in [6, 6.07) is 48.8. The van der Waals surface area contributed by atoms with Crippen LogP contribution in [0, 0.1) is 45.3 Å². The van der Waals surface area contributed by atoms with E-state index in [1.54, 1.807) is 42.5 Å². The summed E-state index contributed by atoms with van der Waals surface area (Å²) >= 11 is 0. The van der Waals surface area contributed by atoms with Gasteiger partial charge in [0.1, 0.15) is 0 Å². The van der Waals surface area contributed by atoms with Gasteiger partial charge >= 0.3 is 6.18 Å². The van der Waals surface area contributed by atoms with Gasteiger partial charge in [-0.2, -0.15) is 34.2 Å². The smallest absolute Gasteiger partial charge is 0.309 e. The van der Waals surface area contributed by atoms with Crippen LogP contribution in [0.25, 0.3) is 77.2 Å². The van der Waals surface area contributed by atoms with Crippen LogP contribution in [0.1, 0.15) is 27.8 Å². The molecule has 0 bridgehead atoms. The first-order valence-corrected chi connectivity index (χ1v) is 17.4. The molecule has 0 saturated carbocycles. The number of nitrogens with zero attached hydrogens (tertiary/aromatic N) is 6. The molecule has 9 rings (SSSR count). The molecule has 262 valence electrons. The third-order valence-electron chi connectivity index (χ3n) is 10.3. The zero-order valence-electron chi connectivity index (χ0n) is 29.1. The molecule has 0 aliphatic rings. The topological polar surface area (TPSA) is 105 Å². The van der Waals surface area contributed by atoms with Gasteiger partial charge in [-0.1, -0.05) is 48.5 Å². The first kappa shape index (κ1) is 33.7. The molecule has 0 fully saturated rings. The summed E-state index contributed by atoms with van der Waals surface area (Å²) in [7, 11) is 0. The molecule has 56 heavy (non-hydrogen) atoms. The lowest BCUT2D eigenvalue weighted by Crippen LogP contribution is -2.08. The molecular formula is C47H23F3N6. The largest absolute Gasteiger partial charge is 0.417 e. The van der Waals surface area contributed by atoms with Crippen LogP contribution in [0.2, 0.25) is 0 Å². The molecule has 6 nitrogen and oxygen atoms in total. The van der Waals surface area contributed by atoms with Crippen LogP contribution in [-0.2, 0) is 6.18 Å². The van der Waals surface area contributed by atoms with Crippen LogP contribution in [0.5, 0.6) is 0 Å². The molecule has 0 N–H and O–H groups in total. The van der Waals surface area contributed by atoms with E-state index in [1.807, 2.05) is 94.1 Å². The summed E-state index contributed by atoms with van der Waals surface area (Å²) in [5.74, 6) is 0. The molecule has 0 radical (unpaired) electrons. The normalized spacial score (nSPS) is 11.4. The molecule has 9 aromatic rings. The van der Waals surface area contributed by atoms with Gasteiger partial charge in [0, 0.05) is 32.7 Å². The standard InChI is InChI=1S/C47H23F3N6/c48-47(49,50)40-22-31(27-54)9-14-33(40)32-13-18-46(56-42-8-4-2-6-35(42)37-20-29(25-52)11-16-44(37)56)39(23-32)38-21-30(26-53)12-17-45(38)55-41-7-3-1-5-34(41)36-19-28(24-51)10-15-43(36)55/h1-23H. The second kappa shape index (κ2) is 12.8. The number of para-hydroxylation sites is 2. The number of nitriles is 4. The lowest BCUT2D eigenvalue weighted by Gasteiger charge is -2.21. The molecule has 9 heteroatoms. The third kappa shape index (κ3) is 5.24. The van der Waals surface area contributed by atoms with Crippen molar-refractivity contribution >= 4 is 43.6 Å². The molecule has 0 aliphatic carbocycles. The summed E-state index contributed by atoms with van der Waals surface area (Å²) in [6.45, 7) is 0. The number of aromatic nitrogens is 2. The van der Waals surface area contributed by atoms with E-state index < -0.39 is 11.7 Å². The minimum Gasteiger partial charge on any atom is -0.309 e. The van der Waals surface area contributed by atoms with Crippen LogP contribution >= 0.6 is 0 Å². The van der Waals surface area contributed by atoms with Gasteiger partial charge in [0.15, 0.2) is 0 Å². The van der Waals surface area contributed by atoms with Gasteiger partial charge in [0.25, 0.3) is 0 Å². The summed E-state index contributed by atoms with van der Waals surface area (Å²) in [6.07, 6.45) is -4.76. The predicted octanol–water partition coefficient (Wildman–Crippen LogP) is 11.7. The maximum absolute atomic E-state index is 14.7. The van der Waals surface area contributed by atoms with Crippen LogP contribution in [0.4, 0.5) is 13.2 Å². The Kier molecular flexibility index (Phi) is 7.69. The second-order valence-electron chi connectivity index (χ2n) is 13.3. The Morgan fingerprint density at radius 1 is 0.393 bits per heavy atom. The van der Waals surface area contributed by atoms with Crippen molar-refractivity contribution in [1.82, 2.24) is 9.13 Å². The maximum Gasteiger partial charge on any atom is 0.417 e. The molecule has 0 unspecified atom stereocenters. The molecular weight excluding hydrogens is 706 g/mol. The zero-order valence-corrected chi connectivity index (χ0v) is 29.1. The van der Waals surface area contributed by atoms with Crippen LogP contribution < -0.4 is 0 Å². The Labute approximate surface area is 317 Å². The van der Waals surface area contributed by atoms with Gasteiger partial charge in [-0.25, -0.2) is 0 Å². The molecule has 0 spiro atoms. The van der Waals surface area contributed by atoms with Gasteiger partial charge in [0.05, 0.1) is 85.5 Å². The highest BCUT2D eigenvalue weighted by Gasteiger charge is 2.34. The van der Waals surface area contributed by atoms with E-state index >= 15 is 0 Å². The zero-order chi connectivity index (χ0) is 38.7. The van der Waals surface area contributed by atoms with E-state index in [1.165, 1.54) is 12.1 Å². The quantitative estimate of drug-likeness (QED) is 0.180. The number of halogens is 3. The summed E-state index contributed by atoms with van der Waals surface area (Å²) in [4.78, 5) is 0. The maximum atomic E-state index is 14.7. The van der Waals surface area contributed by atoms with Crippen molar-refractivity contribution in [3.05, 3.63) is 167 Å². The third-order valence-corrected chi connectivity index (χ3v) is 10.3. The van der Waals surface area contributed by atoms with E-state index in [4.69, 9.17) is 0 Å². The van der Waals surface area contributed by atoms with Crippen molar-refractivity contribution in [2.75, 3.05) is 0 Å². The summed E-state index contributed by atoms with van der Waals surface area (Å²) in [5, 5.41) is 42.7. The van der Waals surface area contributed by atoms with Crippen molar-refractivity contribution in [2.45, 2.75) is 6.18 Å². The number of alkyl halides is 3. The van der Waals surface area contributed by atoms with Crippen molar-refractivity contribution < 1.29 is 13.2 Å². The minimum atomic E-state index is -4.76. The Morgan fingerprint density at radius 2 is 0.821 bits per heavy atom. The molecule has 0 saturated heterocycles. The molecule has 0 amide bonds. The van der Waals surface area contributed by atoms with Gasteiger partial charge in [-0.15, -0.1) is 0 Å². The molecule has 0 aliphatic heterocycles. The molecule has 7 aromatic carbocycles. The fourth-order valence-electron chi connectivity index (χ4n) is 7.83. The lowest BCUT2D eigenvalue weighted by molar-refractivity contribution is -0.137. The van der Waals surface area contributed by atoms with E-state index in [0.717, 1.165) is 49.7 Å². The monoisotopic (exact) mass is 728 g/mol. The average Bonchev–Trinajstić information content (AvgIpc) is 3.74. The van der Waals surface area contributed by atoms with Crippen LogP contribution in [0.3, 0.4) is 0 Å². The van der Waals surface area contributed by atoms with Crippen molar-refractivity contribution in [3.8, 4) is 57.9 Å². The second-order valence-corrected chi connectivity index (χ2v) is 13.3. The van der Waals surface area contributed by atoms with E-state index in [2.05, 4.69) is 18.2 Å². The van der Waals surface area contributed by atoms with Crippen molar-refractivity contribution in [1.29, 1.82) is 21.0 Å². The van der Waals surface area contributed by atoms with Crippen LogP contribution in [-0.4, -0.2) is 9.13 Å². The average molecular weight is 729 g/mol. The van der Waals surface area contributed by atoms with Gasteiger partial charge in [0.2, 0.25) is 0 Å². The Balaban J connectivity index is 1.44. The number of fused-ring (bicyclic) bond motifs is 6. The first-order chi connectivity index (χ1) is 27.2. The molecule has 2 aromatic heterocycles. The Hall–Kier alpha value is -8.11. The molecule has 2 heterocycles. The number of hydrogen-bond acceptors (Lipinski definition) is 4. The number of rotatable bonds is 4. The first-order valence-electron chi connectivity index (χ1n) is 17.4. The Morgan fingerprint density at radius 3 is 1.36 bits per heavy atom. The van der Waals surface area contributed by atoms with Gasteiger partial charge in [-0.3, -0.25) is 0 Å². The minimum absolute atomic E-state index is 0.107. The van der Waals surface area contributed by atoms with E-state index in [-0.39, 0.29) is 16.7 Å². The SMILES string of the molecule is N#Cc1ccc(-n2c3ccccc3c3cc(C#N)ccc32)c(-c2cc(-c3ccc(C#N)cc3C(F)(F)F)ccc2-n2c3ccccc3c3cc(C#N)ccc32)c1. The van der Waals surface area contributed by atoms with Gasteiger partial charge in [-0.05, 0) is 102 Å². The Bertz CT molecular complexity index is 3300. The predicted molar refractivity (Wildman–Crippen MR) is 210 cm³/mol. The van der Waals surface area contributed by atoms with E-state index in [0.29, 0.717) is 39.2 Å². The summed E-state index contributed by atoms with van der Waals surface area (Å²) < 4.78 is 48.2. The fraction of sp³-hybridized carbons (Fsp3) is 0.0213. The van der Waals surface area contributed by atoms with Gasteiger partial charge < -0.3 is 9.13 Å². The highest BCUT2D eigenvalue weighted by atomic mass is 19.4.